The third kappa shape index (κ3) is 7.50. The van der Waals surface area contributed by atoms with E-state index in [9.17, 15) is 22.8 Å². The number of aromatic nitrogens is 1. The lowest BCUT2D eigenvalue weighted by Crippen LogP contribution is -2.45. The minimum Gasteiger partial charge on any atom is -0.457 e. The maximum absolute atomic E-state index is 13.5. The third-order valence-corrected chi connectivity index (χ3v) is 5.78. The number of ether oxygens (including phenoxy) is 1. The summed E-state index contributed by atoms with van der Waals surface area (Å²) in [5, 5.41) is 11.6. The number of hydroxylamine groups is 2. The number of hydrogen-bond donors (Lipinski definition) is 4. The van der Waals surface area contributed by atoms with Crippen LogP contribution >= 0.6 is 11.6 Å². The molecule has 14 heteroatoms. The Bertz CT molecular complexity index is 1330. The number of benzene rings is 2. The average molecular weight is 565 g/mol. The fourth-order valence-electron chi connectivity index (χ4n) is 3.57. The van der Waals surface area contributed by atoms with Gasteiger partial charge in [0.15, 0.2) is 5.75 Å². The molecule has 4 rings (SSSR count). The maximum atomic E-state index is 13.5. The van der Waals surface area contributed by atoms with Crippen molar-refractivity contribution < 1.29 is 32.3 Å². The van der Waals surface area contributed by atoms with Gasteiger partial charge in [0, 0.05) is 57.2 Å². The average Bonchev–Trinajstić information content (AvgIpc) is 2.91. The van der Waals surface area contributed by atoms with Crippen molar-refractivity contribution in [2.24, 2.45) is 0 Å². The molecule has 1 saturated heterocycles. The highest BCUT2D eigenvalue weighted by Gasteiger charge is 2.35. The van der Waals surface area contributed by atoms with E-state index in [0.29, 0.717) is 43.4 Å². The normalized spacial score (nSPS) is 13.9. The van der Waals surface area contributed by atoms with Crippen LogP contribution in [0.3, 0.4) is 0 Å². The SMILES string of the molecule is CNC(=O)c1cc(Oc2ccc(NC(=O)Nc3cc(C(F)(F)F)c(Cl)cc3ON3CCNCC3)cc2)ccn1. The first-order chi connectivity index (χ1) is 18.6. The molecular formula is C25H24ClF3N6O4. The number of nitrogens with zero attached hydrogens (tertiary/aromatic N) is 2. The van der Waals surface area contributed by atoms with Gasteiger partial charge in [0.2, 0.25) is 0 Å². The lowest BCUT2D eigenvalue weighted by molar-refractivity contribution is -0.137. The molecule has 0 aliphatic carbocycles. The third-order valence-electron chi connectivity index (χ3n) is 5.47. The van der Waals surface area contributed by atoms with Gasteiger partial charge >= 0.3 is 12.2 Å². The summed E-state index contributed by atoms with van der Waals surface area (Å²) in [4.78, 5) is 34.1. The van der Waals surface area contributed by atoms with Crippen LogP contribution in [0.4, 0.5) is 29.3 Å². The summed E-state index contributed by atoms with van der Waals surface area (Å²) in [5.74, 6) is 0.398. The highest BCUT2D eigenvalue weighted by molar-refractivity contribution is 6.31. The van der Waals surface area contributed by atoms with Crippen molar-refractivity contribution in [3.05, 3.63) is 71.0 Å². The van der Waals surface area contributed by atoms with Crippen molar-refractivity contribution >= 4 is 34.9 Å². The number of urea groups is 1. The monoisotopic (exact) mass is 564 g/mol. The number of carbonyl (C=O) groups is 2. The molecule has 3 aromatic rings. The number of nitrogens with one attached hydrogen (secondary N) is 4. The number of alkyl halides is 3. The van der Waals surface area contributed by atoms with Crippen molar-refractivity contribution in [2.75, 3.05) is 43.9 Å². The fraction of sp³-hybridized carbons (Fsp3) is 0.240. The van der Waals surface area contributed by atoms with E-state index in [0.717, 1.165) is 12.1 Å². The van der Waals surface area contributed by atoms with Crippen LogP contribution in [0.2, 0.25) is 5.02 Å². The molecule has 10 nitrogen and oxygen atoms in total. The summed E-state index contributed by atoms with van der Waals surface area (Å²) in [6, 6.07) is 10.2. The molecule has 1 aliphatic heterocycles. The van der Waals surface area contributed by atoms with Crippen molar-refractivity contribution in [3.8, 4) is 17.2 Å². The number of halogens is 4. The zero-order valence-corrected chi connectivity index (χ0v) is 21.3. The molecule has 0 spiro atoms. The lowest BCUT2D eigenvalue weighted by atomic mass is 10.1. The predicted molar refractivity (Wildman–Crippen MR) is 138 cm³/mol. The predicted octanol–water partition coefficient (Wildman–Crippen LogP) is 4.75. The van der Waals surface area contributed by atoms with Crippen LogP contribution in [0, 0.1) is 0 Å². The molecule has 4 N–H and O–H groups in total. The summed E-state index contributed by atoms with van der Waals surface area (Å²) < 4.78 is 46.1. The molecule has 1 aliphatic rings. The summed E-state index contributed by atoms with van der Waals surface area (Å²) in [6.07, 6.45) is -3.30. The number of anilines is 2. The first-order valence-electron chi connectivity index (χ1n) is 11.7. The molecule has 1 aromatic heterocycles. The van der Waals surface area contributed by atoms with E-state index in [1.165, 1.54) is 31.4 Å². The van der Waals surface area contributed by atoms with E-state index in [-0.39, 0.29) is 23.0 Å². The van der Waals surface area contributed by atoms with Crippen LogP contribution in [0.5, 0.6) is 17.2 Å². The molecule has 1 fully saturated rings. The molecule has 0 saturated carbocycles. The van der Waals surface area contributed by atoms with E-state index >= 15 is 0 Å². The Morgan fingerprint density at radius 3 is 2.41 bits per heavy atom. The van der Waals surface area contributed by atoms with Gasteiger partial charge in [-0.25, -0.2) is 4.79 Å². The van der Waals surface area contributed by atoms with Crippen LogP contribution in [0.1, 0.15) is 16.1 Å². The number of piperazine rings is 1. The molecule has 2 aromatic carbocycles. The van der Waals surface area contributed by atoms with E-state index in [1.807, 2.05) is 0 Å². The van der Waals surface area contributed by atoms with Crippen LogP contribution < -0.4 is 30.8 Å². The summed E-state index contributed by atoms with van der Waals surface area (Å²) in [7, 11) is 1.49. The minimum absolute atomic E-state index is 0.0257. The molecule has 0 unspecified atom stereocenters. The van der Waals surface area contributed by atoms with Gasteiger partial charge in [-0.3, -0.25) is 9.78 Å². The van der Waals surface area contributed by atoms with Crippen LogP contribution in [0.25, 0.3) is 0 Å². The summed E-state index contributed by atoms with van der Waals surface area (Å²) >= 11 is 5.88. The minimum atomic E-state index is -4.73. The zero-order chi connectivity index (χ0) is 28.0. The van der Waals surface area contributed by atoms with Gasteiger partial charge in [0.25, 0.3) is 5.91 Å². The van der Waals surface area contributed by atoms with Crippen LogP contribution in [-0.2, 0) is 6.18 Å². The van der Waals surface area contributed by atoms with Crippen molar-refractivity contribution in [1.82, 2.24) is 20.7 Å². The van der Waals surface area contributed by atoms with Gasteiger partial charge in [-0.15, -0.1) is 5.06 Å². The molecule has 0 bridgehead atoms. The smallest absolute Gasteiger partial charge is 0.417 e. The quantitative estimate of drug-likeness (QED) is 0.327. The van der Waals surface area contributed by atoms with Crippen molar-refractivity contribution in [1.29, 1.82) is 0 Å². The molecule has 0 atom stereocenters. The number of amides is 3. The van der Waals surface area contributed by atoms with Gasteiger partial charge in [-0.2, -0.15) is 13.2 Å². The Kier molecular flexibility index (Phi) is 8.74. The fourth-order valence-corrected chi connectivity index (χ4v) is 3.83. The van der Waals surface area contributed by atoms with E-state index < -0.39 is 22.8 Å². The van der Waals surface area contributed by atoms with E-state index in [2.05, 4.69) is 26.3 Å². The second kappa shape index (κ2) is 12.2. The van der Waals surface area contributed by atoms with Gasteiger partial charge in [0.1, 0.15) is 17.2 Å². The number of pyridine rings is 1. The Morgan fingerprint density at radius 1 is 1.03 bits per heavy atom. The maximum Gasteiger partial charge on any atom is 0.417 e. The Hall–Kier alpha value is -4.07. The number of rotatable bonds is 7. The van der Waals surface area contributed by atoms with Gasteiger partial charge in [-0.05, 0) is 36.4 Å². The Morgan fingerprint density at radius 2 is 1.74 bits per heavy atom. The molecule has 39 heavy (non-hydrogen) atoms. The summed E-state index contributed by atoms with van der Waals surface area (Å²) in [6.45, 7) is 2.25. The van der Waals surface area contributed by atoms with Crippen molar-refractivity contribution in [3.63, 3.8) is 0 Å². The van der Waals surface area contributed by atoms with Gasteiger partial charge in [-0.1, -0.05) is 11.6 Å². The first-order valence-corrected chi connectivity index (χ1v) is 12.1. The largest absolute Gasteiger partial charge is 0.457 e. The Labute approximate surface area is 226 Å². The van der Waals surface area contributed by atoms with Gasteiger partial charge in [0.05, 0.1) is 16.3 Å². The molecular weight excluding hydrogens is 541 g/mol. The summed E-state index contributed by atoms with van der Waals surface area (Å²) in [5.41, 5.74) is -0.784. The zero-order valence-electron chi connectivity index (χ0n) is 20.6. The second-order valence-corrected chi connectivity index (χ2v) is 8.66. The molecule has 2 heterocycles. The highest BCUT2D eigenvalue weighted by Crippen LogP contribution is 2.40. The van der Waals surface area contributed by atoms with E-state index in [1.54, 1.807) is 23.3 Å². The highest BCUT2D eigenvalue weighted by atomic mass is 35.5. The topological polar surface area (TPSA) is 117 Å². The van der Waals surface area contributed by atoms with E-state index in [4.69, 9.17) is 21.2 Å². The molecule has 206 valence electrons. The van der Waals surface area contributed by atoms with Crippen molar-refractivity contribution in [2.45, 2.75) is 6.18 Å². The van der Waals surface area contributed by atoms with Crippen LogP contribution in [0.15, 0.2) is 54.7 Å². The van der Waals surface area contributed by atoms with Gasteiger partial charge < -0.3 is 30.8 Å². The molecule has 3 amide bonds. The molecule has 0 radical (unpaired) electrons. The Balaban J connectivity index is 1.45. The number of hydrogen-bond acceptors (Lipinski definition) is 7. The first kappa shape index (κ1) is 28.0. The second-order valence-electron chi connectivity index (χ2n) is 8.26. The number of carbonyl (C=O) groups excluding carboxylic acids is 2. The standard InChI is InChI=1S/C25H24ClF3N6O4/c1-30-23(36)21-12-17(6-7-32-21)38-16-4-2-15(3-5-16)33-24(37)34-20-13-18(25(27,28)29)19(26)14-22(20)39-35-10-8-31-9-11-35/h2-7,12-14,31H,8-11H2,1H3,(H,30,36)(H2,33,34,37). The lowest BCUT2D eigenvalue weighted by Gasteiger charge is -2.28. The van der Waals surface area contributed by atoms with Crippen LogP contribution in [-0.4, -0.2) is 55.2 Å².